The van der Waals surface area contributed by atoms with Crippen molar-refractivity contribution in [1.29, 1.82) is 0 Å². The smallest absolute Gasteiger partial charge is 0.138 e. The molecule has 0 radical (unpaired) electrons. The number of benzene rings is 9. The molecule has 0 N–H and O–H groups in total. The molecule has 0 fully saturated rings. The largest absolute Gasteiger partial charge is 0.265 e. The molecule has 0 amide bonds. The molecular weight excluding hydrogens is 1190 g/mol. The van der Waals surface area contributed by atoms with Gasteiger partial charge in [-0.1, -0.05) is 249 Å². The monoisotopic (exact) mass is 1270 g/mol. The highest BCUT2D eigenvalue weighted by Gasteiger charge is 2.15. The molecule has 0 aliphatic heterocycles. The first kappa shape index (κ1) is 72.6. The molecule has 0 bridgehead atoms. The van der Waals surface area contributed by atoms with Crippen LogP contribution in [0.5, 0.6) is 0 Å². The van der Waals surface area contributed by atoms with Gasteiger partial charge in [-0.15, -0.1) is 5.10 Å². The van der Waals surface area contributed by atoms with Crippen LogP contribution in [0.15, 0.2) is 440 Å². The summed E-state index contributed by atoms with van der Waals surface area (Å²) in [5.74, 6) is 0. The predicted molar refractivity (Wildman–Crippen MR) is 394 cm³/mol. The molecule has 0 saturated heterocycles. The van der Waals surface area contributed by atoms with Crippen LogP contribution in [0.1, 0.15) is 11.1 Å². The molecule has 1 aliphatic carbocycles. The van der Waals surface area contributed by atoms with Gasteiger partial charge in [0, 0.05) is 93.0 Å². The van der Waals surface area contributed by atoms with E-state index in [1.807, 2.05) is 115 Å². The summed E-state index contributed by atoms with van der Waals surface area (Å²) in [6.07, 6.45) is 32.4. The second-order valence-corrected chi connectivity index (χ2v) is 19.2. The van der Waals surface area contributed by atoms with E-state index in [9.17, 15) is 0 Å². The van der Waals surface area contributed by atoms with Gasteiger partial charge < -0.3 is 0 Å². The van der Waals surface area contributed by atoms with Gasteiger partial charge in [0.05, 0.1) is 6.20 Å². The molecule has 0 spiro atoms. The molecule has 0 unspecified atom stereocenters. The lowest BCUT2D eigenvalue weighted by Gasteiger charge is -1.98. The van der Waals surface area contributed by atoms with Crippen LogP contribution in [0, 0.1) is 0 Å². The Hall–Kier alpha value is -13.5. The molecule has 14 nitrogen and oxygen atoms in total. The fraction of sp³-hybridized carbons (Fsp3) is 0.0120. The minimum Gasteiger partial charge on any atom is -0.265 e. The van der Waals surface area contributed by atoms with Crippen LogP contribution in [0.4, 0.5) is 0 Å². The highest BCUT2D eigenvalue weighted by atomic mass is 15.1. The van der Waals surface area contributed by atoms with Crippen LogP contribution >= 0.6 is 0 Å². The first-order valence-electron chi connectivity index (χ1n) is 30.8. The fourth-order valence-corrected chi connectivity index (χ4v) is 8.02. The Balaban J connectivity index is 0.000000168. The van der Waals surface area contributed by atoms with Crippen LogP contribution in [0.3, 0.4) is 0 Å². The first-order valence-corrected chi connectivity index (χ1v) is 30.8. The molecule has 18 rings (SSSR count). The van der Waals surface area contributed by atoms with Crippen molar-refractivity contribution < 1.29 is 0 Å². The minimum atomic E-state index is 1.10. The van der Waals surface area contributed by atoms with Crippen molar-refractivity contribution in [2.75, 3.05) is 0 Å². The molecule has 0 saturated carbocycles. The van der Waals surface area contributed by atoms with E-state index in [4.69, 9.17) is 0 Å². The second-order valence-electron chi connectivity index (χ2n) is 19.2. The first-order chi connectivity index (χ1) is 48.3. The van der Waals surface area contributed by atoms with Crippen molar-refractivity contribution in [3.8, 4) is 11.1 Å². The van der Waals surface area contributed by atoms with Crippen LogP contribution in [-0.2, 0) is 6.42 Å². The van der Waals surface area contributed by atoms with E-state index >= 15 is 0 Å². The number of nitrogens with zero attached hydrogens (tertiary/aromatic N) is 14. The van der Waals surface area contributed by atoms with Gasteiger partial charge in [-0.25, -0.2) is 24.9 Å². The summed E-state index contributed by atoms with van der Waals surface area (Å²) in [7, 11) is 0. The van der Waals surface area contributed by atoms with Gasteiger partial charge in [-0.05, 0) is 134 Å². The molecular formula is C83H74N14. The maximum Gasteiger partial charge on any atom is 0.138 e. The van der Waals surface area contributed by atoms with E-state index in [-0.39, 0.29) is 0 Å². The zero-order valence-electron chi connectivity index (χ0n) is 53.5. The van der Waals surface area contributed by atoms with Crippen LogP contribution in [0.2, 0.25) is 0 Å². The van der Waals surface area contributed by atoms with Crippen molar-refractivity contribution in [2.24, 2.45) is 0 Å². The van der Waals surface area contributed by atoms with E-state index in [1.54, 1.807) is 105 Å². The van der Waals surface area contributed by atoms with E-state index in [0.717, 1.165) is 6.42 Å². The van der Waals surface area contributed by atoms with Gasteiger partial charge in [0.1, 0.15) is 19.0 Å². The zero-order chi connectivity index (χ0) is 67.3. The molecule has 1 aliphatic rings. The summed E-state index contributed by atoms with van der Waals surface area (Å²) < 4.78 is 0. The van der Waals surface area contributed by atoms with Crippen molar-refractivity contribution in [2.45, 2.75) is 6.42 Å². The number of hydrogen-bond donors (Lipinski definition) is 0. The maximum absolute atomic E-state index is 3.78. The molecule has 8 aromatic heterocycles. The average Bonchev–Trinajstić information content (AvgIpc) is 1.66. The van der Waals surface area contributed by atoms with Gasteiger partial charge in [-0.2, -0.15) is 25.5 Å². The van der Waals surface area contributed by atoms with Gasteiger partial charge in [0.15, 0.2) is 0 Å². The topological polar surface area (TPSA) is 180 Å². The zero-order valence-corrected chi connectivity index (χ0v) is 53.5. The number of pyridine rings is 3. The van der Waals surface area contributed by atoms with E-state index in [1.165, 1.54) is 79.7 Å². The molecule has 97 heavy (non-hydrogen) atoms. The van der Waals surface area contributed by atoms with Crippen LogP contribution in [0.25, 0.3) is 43.4 Å². The lowest BCUT2D eigenvalue weighted by Crippen LogP contribution is -1.77. The standard InChI is InChI=1S/C13H10.3C10H8.C6H6.3C5H5N.4C4H4N2.C3H3N3/c1-3-7-12-10(5-1)9-11-6-2-4-8-13(11)12;3*1-2-6-10-8-4-3-7-9(10)5-1;4*1-2-4-6-5-3-1;2*1-2-5-4-6-3-1;2*1-2-4-6-5-3-1;1-2-5-6-3-4-1/h1-8H,9H2;3*1-8H;1-6H;3*1-5H;4*1-4H;1-3H. The minimum absolute atomic E-state index is 1.10. The number of rotatable bonds is 0. The average molecular weight is 1270 g/mol. The third kappa shape index (κ3) is 34.5. The molecule has 476 valence electrons. The normalized spacial score (nSPS) is 9.20. The molecule has 17 aromatic rings. The third-order valence-electron chi connectivity index (χ3n) is 12.4. The Kier molecular flexibility index (Phi) is 38.3. The Morgan fingerprint density at radius 1 is 0.144 bits per heavy atom. The van der Waals surface area contributed by atoms with Gasteiger partial charge in [0.2, 0.25) is 0 Å². The van der Waals surface area contributed by atoms with Gasteiger partial charge in [0.25, 0.3) is 0 Å². The highest BCUT2D eigenvalue weighted by Crippen LogP contribution is 2.35. The Bertz CT molecular complexity index is 3400. The third-order valence-corrected chi connectivity index (χ3v) is 12.4. The Labute approximate surface area is 568 Å². The molecule has 9 aromatic carbocycles. The summed E-state index contributed by atoms with van der Waals surface area (Å²) in [5, 5.41) is 28.9. The predicted octanol–water partition coefficient (Wildman–Crippen LogP) is 18.5. The summed E-state index contributed by atoms with van der Waals surface area (Å²) in [6.45, 7) is 0. The summed E-state index contributed by atoms with van der Waals surface area (Å²) in [4.78, 5) is 29.7. The molecule has 8 heterocycles. The fourth-order valence-electron chi connectivity index (χ4n) is 8.02. The summed E-state index contributed by atoms with van der Waals surface area (Å²) >= 11 is 0. The van der Waals surface area contributed by atoms with Crippen LogP contribution in [-0.4, -0.2) is 70.5 Å². The SMILES string of the molecule is c1ccc2c(c1)Cc1ccccc1-2.c1ccc2ccccc2c1.c1ccc2ccccc2c1.c1ccc2ccccc2c1.c1ccccc1.c1ccncc1.c1ccncc1.c1ccncc1.c1ccnnc1.c1ccnnc1.c1cncnc1.c1cncnc1.c1cnncn1. The van der Waals surface area contributed by atoms with E-state index in [0.29, 0.717) is 0 Å². The van der Waals surface area contributed by atoms with Gasteiger partial charge >= 0.3 is 0 Å². The second kappa shape index (κ2) is 51.2. The van der Waals surface area contributed by atoms with Crippen molar-refractivity contribution in [3.63, 3.8) is 0 Å². The van der Waals surface area contributed by atoms with E-state index < -0.39 is 0 Å². The quantitative estimate of drug-likeness (QED) is 0.140. The van der Waals surface area contributed by atoms with Crippen LogP contribution < -0.4 is 0 Å². The van der Waals surface area contributed by atoms with Crippen molar-refractivity contribution in [1.82, 2.24) is 70.5 Å². The Morgan fingerprint density at radius 2 is 0.361 bits per heavy atom. The number of aromatic nitrogens is 14. The summed E-state index contributed by atoms with van der Waals surface area (Å²) in [5.41, 5.74) is 5.75. The maximum atomic E-state index is 3.78. The lowest BCUT2D eigenvalue weighted by atomic mass is 10.1. The van der Waals surface area contributed by atoms with Gasteiger partial charge in [-0.3, -0.25) is 15.0 Å². The van der Waals surface area contributed by atoms with E-state index in [2.05, 4.69) is 265 Å². The lowest BCUT2D eigenvalue weighted by molar-refractivity contribution is 0.969. The molecule has 0 atom stereocenters. The van der Waals surface area contributed by atoms with Crippen molar-refractivity contribution in [3.05, 3.63) is 451 Å². The highest BCUT2D eigenvalue weighted by molar-refractivity contribution is 5.83. The number of fused-ring (bicyclic) bond motifs is 6. The summed E-state index contributed by atoms with van der Waals surface area (Å²) in [6, 6.07) is 107. The number of hydrogen-bond acceptors (Lipinski definition) is 14. The van der Waals surface area contributed by atoms with Crippen molar-refractivity contribution >= 4 is 32.3 Å². The Morgan fingerprint density at radius 3 is 0.515 bits per heavy atom. The molecule has 14 heteroatoms.